The summed E-state index contributed by atoms with van der Waals surface area (Å²) in [6.45, 7) is -0.0917. The van der Waals surface area contributed by atoms with E-state index in [0.29, 0.717) is 11.4 Å². The highest BCUT2D eigenvalue weighted by atomic mass is 32.2. The van der Waals surface area contributed by atoms with Gasteiger partial charge in [0.1, 0.15) is 0 Å². The second-order valence-corrected chi connectivity index (χ2v) is 5.83. The molecule has 1 aromatic rings. The molecule has 0 aliphatic rings. The molecule has 0 unspecified atom stereocenters. The predicted molar refractivity (Wildman–Crippen MR) is 71.4 cm³/mol. The lowest BCUT2D eigenvalue weighted by Crippen LogP contribution is -2.38. The van der Waals surface area contributed by atoms with Gasteiger partial charge in [-0.15, -0.1) is 0 Å². The molecule has 8 nitrogen and oxygen atoms in total. The third kappa shape index (κ3) is 4.76. The van der Waals surface area contributed by atoms with Gasteiger partial charge in [0.05, 0.1) is 13.5 Å². The van der Waals surface area contributed by atoms with E-state index in [-0.39, 0.29) is 19.5 Å². The summed E-state index contributed by atoms with van der Waals surface area (Å²) in [5.74, 6) is -0.718. The molecule has 0 aliphatic carbocycles. The van der Waals surface area contributed by atoms with E-state index in [1.54, 1.807) is 12.1 Å². The van der Waals surface area contributed by atoms with Crippen LogP contribution in [0.2, 0.25) is 0 Å². The van der Waals surface area contributed by atoms with E-state index in [0.717, 1.165) is 4.31 Å². The zero-order valence-electron chi connectivity index (χ0n) is 11.2. The first-order chi connectivity index (χ1) is 9.36. The van der Waals surface area contributed by atoms with E-state index in [4.69, 9.17) is 9.84 Å². The molecule has 1 heterocycles. The minimum atomic E-state index is -3.74. The fraction of sp³-hybridized carbons (Fsp3) is 0.455. The molecule has 0 spiro atoms. The van der Waals surface area contributed by atoms with Gasteiger partial charge in [-0.2, -0.15) is 17.4 Å². The Labute approximate surface area is 117 Å². The van der Waals surface area contributed by atoms with E-state index in [9.17, 15) is 13.2 Å². The van der Waals surface area contributed by atoms with Crippen molar-refractivity contribution >= 4 is 16.2 Å². The molecule has 112 valence electrons. The Morgan fingerprint density at radius 2 is 2.25 bits per heavy atom. The van der Waals surface area contributed by atoms with Gasteiger partial charge in [-0.25, -0.2) is 4.98 Å². The van der Waals surface area contributed by atoms with Crippen molar-refractivity contribution in [2.75, 3.05) is 20.7 Å². The van der Waals surface area contributed by atoms with Gasteiger partial charge in [-0.1, -0.05) is 6.07 Å². The predicted octanol–water partition coefficient (Wildman–Crippen LogP) is -0.169. The monoisotopic (exact) mass is 303 g/mol. The number of hydrogen-bond donors (Lipinski definition) is 2. The largest absolute Gasteiger partial charge is 0.481 e. The zero-order chi connectivity index (χ0) is 15.2. The van der Waals surface area contributed by atoms with Gasteiger partial charge >= 0.3 is 5.97 Å². The Balaban J connectivity index is 2.65. The molecule has 1 rings (SSSR count). The van der Waals surface area contributed by atoms with Crippen molar-refractivity contribution in [3.63, 3.8) is 0 Å². The molecule has 0 atom stereocenters. The Kier molecular flexibility index (Phi) is 5.86. The number of nitrogens with zero attached hydrogens (tertiary/aromatic N) is 2. The number of carboxylic acid groups (broad SMARTS) is 1. The lowest BCUT2D eigenvalue weighted by molar-refractivity contribution is -0.137. The van der Waals surface area contributed by atoms with Gasteiger partial charge in [0.15, 0.2) is 0 Å². The average molecular weight is 303 g/mol. The summed E-state index contributed by atoms with van der Waals surface area (Å²) in [6.07, 6.45) is 1.28. The fourth-order valence-corrected chi connectivity index (χ4v) is 2.28. The maximum atomic E-state index is 11.9. The molecule has 0 bridgehead atoms. The number of carboxylic acids is 1. The van der Waals surface area contributed by atoms with Gasteiger partial charge < -0.3 is 9.84 Å². The Hall–Kier alpha value is -1.71. The van der Waals surface area contributed by atoms with E-state index >= 15 is 0 Å². The number of hydrogen-bond acceptors (Lipinski definition) is 5. The molecule has 0 saturated heterocycles. The zero-order valence-corrected chi connectivity index (χ0v) is 12.1. The minimum absolute atomic E-state index is 0.0107. The van der Waals surface area contributed by atoms with Crippen molar-refractivity contribution in [1.82, 2.24) is 14.0 Å². The van der Waals surface area contributed by atoms with Crippen LogP contribution in [0.25, 0.3) is 0 Å². The van der Waals surface area contributed by atoms with Crippen LogP contribution in [0.15, 0.2) is 18.3 Å². The molecule has 0 aromatic carbocycles. The van der Waals surface area contributed by atoms with Crippen LogP contribution in [0.3, 0.4) is 0 Å². The normalized spacial score (nSPS) is 11.6. The summed E-state index contributed by atoms with van der Waals surface area (Å²) in [5.41, 5.74) is 0.588. The summed E-state index contributed by atoms with van der Waals surface area (Å²) in [4.78, 5) is 14.4. The van der Waals surface area contributed by atoms with E-state index in [1.807, 2.05) is 0 Å². The van der Waals surface area contributed by atoms with Gasteiger partial charge in [0.2, 0.25) is 5.88 Å². The number of rotatable bonds is 8. The molecule has 2 N–H and O–H groups in total. The van der Waals surface area contributed by atoms with Crippen LogP contribution in [0.4, 0.5) is 0 Å². The molecule has 9 heteroatoms. The fourth-order valence-electron chi connectivity index (χ4n) is 1.39. The third-order valence-electron chi connectivity index (χ3n) is 2.54. The van der Waals surface area contributed by atoms with Crippen LogP contribution in [-0.2, 0) is 21.5 Å². The number of carbonyl (C=O) groups is 1. The summed E-state index contributed by atoms with van der Waals surface area (Å²) in [7, 11) is -0.987. The highest BCUT2D eigenvalue weighted by molar-refractivity contribution is 7.87. The Morgan fingerprint density at radius 1 is 1.55 bits per heavy atom. The third-order valence-corrected chi connectivity index (χ3v) is 4.05. The number of ether oxygens (including phenoxy) is 1. The highest BCUT2D eigenvalue weighted by Gasteiger charge is 2.18. The highest BCUT2D eigenvalue weighted by Crippen LogP contribution is 2.13. The first-order valence-corrected chi connectivity index (χ1v) is 7.21. The van der Waals surface area contributed by atoms with E-state index < -0.39 is 16.2 Å². The van der Waals surface area contributed by atoms with Crippen LogP contribution in [0, 0.1) is 0 Å². The maximum absolute atomic E-state index is 11.9. The molecule has 0 radical (unpaired) electrons. The van der Waals surface area contributed by atoms with Crippen molar-refractivity contribution in [2.24, 2.45) is 0 Å². The lowest BCUT2D eigenvalue weighted by Gasteiger charge is -2.17. The number of pyridine rings is 1. The smallest absolute Gasteiger partial charge is 0.304 e. The molecule has 1 aromatic heterocycles. The topological polar surface area (TPSA) is 109 Å². The van der Waals surface area contributed by atoms with Crippen LogP contribution >= 0.6 is 0 Å². The average Bonchev–Trinajstić information content (AvgIpc) is 2.42. The van der Waals surface area contributed by atoms with Gasteiger partial charge in [-0.05, 0) is 6.07 Å². The van der Waals surface area contributed by atoms with Crippen molar-refractivity contribution in [3.8, 4) is 5.88 Å². The molecular formula is C11H17N3O5S. The maximum Gasteiger partial charge on any atom is 0.304 e. The van der Waals surface area contributed by atoms with Gasteiger partial charge in [-0.3, -0.25) is 4.79 Å². The number of aliphatic carboxylic acids is 1. The van der Waals surface area contributed by atoms with Crippen molar-refractivity contribution in [2.45, 2.75) is 13.0 Å². The SMILES string of the molecule is COc1ncccc1CNS(=O)(=O)N(C)CCC(=O)O. The quantitative estimate of drug-likeness (QED) is 0.690. The Bertz CT molecular complexity index is 561. The second kappa shape index (κ2) is 7.17. The van der Waals surface area contributed by atoms with E-state index in [2.05, 4.69) is 9.71 Å². The van der Waals surface area contributed by atoms with Gasteiger partial charge in [0, 0.05) is 31.9 Å². The van der Waals surface area contributed by atoms with Crippen molar-refractivity contribution in [1.29, 1.82) is 0 Å². The van der Waals surface area contributed by atoms with Crippen LogP contribution in [0.5, 0.6) is 5.88 Å². The van der Waals surface area contributed by atoms with Crippen molar-refractivity contribution < 1.29 is 23.1 Å². The first-order valence-electron chi connectivity index (χ1n) is 5.77. The minimum Gasteiger partial charge on any atom is -0.481 e. The summed E-state index contributed by atoms with van der Waals surface area (Å²) in [6, 6.07) is 3.35. The second-order valence-electron chi connectivity index (χ2n) is 3.96. The Morgan fingerprint density at radius 3 is 2.85 bits per heavy atom. The molecule has 20 heavy (non-hydrogen) atoms. The molecule has 0 amide bonds. The first kappa shape index (κ1) is 16.3. The number of aromatic nitrogens is 1. The standard InChI is InChI=1S/C11H17N3O5S/c1-14(7-5-10(15)16)20(17,18)13-8-9-4-3-6-12-11(9)19-2/h3-4,6,13H,5,7-8H2,1-2H3,(H,15,16). The summed E-state index contributed by atoms with van der Waals surface area (Å²) >= 11 is 0. The van der Waals surface area contributed by atoms with E-state index in [1.165, 1.54) is 20.4 Å². The number of methoxy groups -OCH3 is 1. The molecule has 0 aliphatic heterocycles. The van der Waals surface area contributed by atoms with Crippen LogP contribution < -0.4 is 9.46 Å². The number of nitrogens with one attached hydrogen (secondary N) is 1. The van der Waals surface area contributed by atoms with Crippen LogP contribution in [-0.4, -0.2) is 49.5 Å². The van der Waals surface area contributed by atoms with Gasteiger partial charge in [0.25, 0.3) is 10.2 Å². The van der Waals surface area contributed by atoms with Crippen molar-refractivity contribution in [3.05, 3.63) is 23.9 Å². The van der Waals surface area contributed by atoms with Crippen LogP contribution in [0.1, 0.15) is 12.0 Å². The molecule has 0 saturated carbocycles. The summed E-state index contributed by atoms with van der Waals surface area (Å²) < 4.78 is 32.1. The summed E-state index contributed by atoms with van der Waals surface area (Å²) in [5, 5.41) is 8.54. The lowest BCUT2D eigenvalue weighted by atomic mass is 10.3. The molecular weight excluding hydrogens is 286 g/mol. The molecule has 0 fully saturated rings.